The lowest BCUT2D eigenvalue weighted by atomic mass is 10.1. The minimum Gasteiger partial charge on any atom is -0.307 e. The number of nitrogens with one attached hydrogen (secondary N) is 2. The molecule has 0 atom stereocenters. The van der Waals surface area contributed by atoms with Gasteiger partial charge in [-0.1, -0.05) is 23.7 Å². The number of aromatic amines is 1. The van der Waals surface area contributed by atoms with Gasteiger partial charge in [0.25, 0.3) is 5.91 Å². The number of rotatable bonds is 2. The fraction of sp³-hybridized carbons (Fsp3) is 0.0909. The monoisotopic (exact) mass is 235 g/mol. The number of aryl methyl sites for hydroxylation is 1. The average Bonchev–Trinajstić information content (AvgIpc) is 2.70. The number of anilines is 1. The Morgan fingerprint density at radius 3 is 2.88 bits per heavy atom. The molecule has 0 unspecified atom stereocenters. The molecule has 0 aliphatic rings. The highest BCUT2D eigenvalue weighted by atomic mass is 35.5. The Hall–Kier alpha value is -1.81. The molecule has 16 heavy (non-hydrogen) atoms. The molecule has 0 saturated carbocycles. The number of halogens is 1. The maximum Gasteiger partial charge on any atom is 0.258 e. The van der Waals surface area contributed by atoms with E-state index in [1.807, 2.05) is 19.1 Å². The first kappa shape index (κ1) is 10.7. The van der Waals surface area contributed by atoms with Crippen LogP contribution in [0.5, 0.6) is 0 Å². The van der Waals surface area contributed by atoms with Gasteiger partial charge in [0, 0.05) is 6.07 Å². The lowest BCUT2D eigenvalue weighted by molar-refractivity contribution is 0.102. The molecular weight excluding hydrogens is 226 g/mol. The molecule has 2 N–H and O–H groups in total. The van der Waals surface area contributed by atoms with Gasteiger partial charge >= 0.3 is 0 Å². The third-order valence-corrected chi connectivity index (χ3v) is 2.51. The van der Waals surface area contributed by atoms with Gasteiger partial charge in [-0.2, -0.15) is 5.10 Å². The third-order valence-electron chi connectivity index (χ3n) is 2.20. The average molecular weight is 236 g/mol. The Morgan fingerprint density at radius 2 is 2.25 bits per heavy atom. The molecule has 4 nitrogen and oxygen atoms in total. The molecule has 0 bridgehead atoms. The van der Waals surface area contributed by atoms with Gasteiger partial charge in [-0.05, 0) is 18.6 Å². The number of carbonyl (C=O) groups excluding carboxylic acids is 1. The van der Waals surface area contributed by atoms with E-state index in [4.69, 9.17) is 11.6 Å². The topological polar surface area (TPSA) is 57.8 Å². The largest absolute Gasteiger partial charge is 0.307 e. The summed E-state index contributed by atoms with van der Waals surface area (Å²) in [5.41, 5.74) is 1.32. The van der Waals surface area contributed by atoms with Gasteiger partial charge in [-0.3, -0.25) is 9.89 Å². The highest BCUT2D eigenvalue weighted by Crippen LogP contribution is 2.20. The van der Waals surface area contributed by atoms with Crippen molar-refractivity contribution >= 4 is 23.3 Å². The van der Waals surface area contributed by atoms with Crippen LogP contribution in [0.3, 0.4) is 0 Å². The number of H-pyrrole nitrogens is 1. The van der Waals surface area contributed by atoms with Crippen molar-refractivity contribution in [2.75, 3.05) is 5.32 Å². The third kappa shape index (κ3) is 2.06. The number of carbonyl (C=O) groups is 1. The molecule has 1 aromatic carbocycles. The van der Waals surface area contributed by atoms with Crippen LogP contribution in [0.15, 0.2) is 30.5 Å². The molecular formula is C11H10ClN3O. The van der Waals surface area contributed by atoms with E-state index in [2.05, 4.69) is 15.5 Å². The highest BCUT2D eigenvalue weighted by Gasteiger charge is 2.13. The predicted molar refractivity (Wildman–Crippen MR) is 62.7 cm³/mol. The van der Waals surface area contributed by atoms with E-state index >= 15 is 0 Å². The van der Waals surface area contributed by atoms with Crippen LogP contribution < -0.4 is 5.32 Å². The maximum absolute atomic E-state index is 11.9. The fourth-order valence-electron chi connectivity index (χ4n) is 1.43. The van der Waals surface area contributed by atoms with E-state index in [9.17, 15) is 4.79 Å². The number of amides is 1. The zero-order chi connectivity index (χ0) is 11.5. The summed E-state index contributed by atoms with van der Waals surface area (Å²) >= 11 is 5.98. The van der Waals surface area contributed by atoms with Crippen molar-refractivity contribution in [2.45, 2.75) is 6.92 Å². The summed E-state index contributed by atoms with van der Waals surface area (Å²) in [6.45, 7) is 1.84. The van der Waals surface area contributed by atoms with Crippen LogP contribution in [-0.4, -0.2) is 16.1 Å². The molecule has 0 saturated heterocycles. The fourth-order valence-corrected chi connectivity index (χ4v) is 1.74. The van der Waals surface area contributed by atoms with E-state index in [0.29, 0.717) is 16.4 Å². The van der Waals surface area contributed by atoms with Crippen LogP contribution in [0, 0.1) is 6.92 Å². The zero-order valence-electron chi connectivity index (χ0n) is 8.62. The van der Waals surface area contributed by atoms with Crippen molar-refractivity contribution in [2.24, 2.45) is 0 Å². The highest BCUT2D eigenvalue weighted by molar-refractivity contribution is 6.34. The molecule has 5 heteroatoms. The summed E-state index contributed by atoms with van der Waals surface area (Å²) in [6, 6.07) is 7.01. The Morgan fingerprint density at radius 1 is 1.44 bits per heavy atom. The van der Waals surface area contributed by atoms with E-state index in [1.165, 1.54) is 0 Å². The summed E-state index contributed by atoms with van der Waals surface area (Å²) in [5, 5.41) is 9.51. The number of nitrogens with zero attached hydrogens (tertiary/aromatic N) is 1. The summed E-state index contributed by atoms with van der Waals surface area (Å²) < 4.78 is 0. The van der Waals surface area contributed by atoms with Crippen LogP contribution in [0.2, 0.25) is 5.02 Å². The SMILES string of the molecule is Cc1cccc(Cl)c1C(=O)Nc1ccn[nH]1. The van der Waals surface area contributed by atoms with Crippen molar-refractivity contribution in [3.63, 3.8) is 0 Å². The normalized spacial score (nSPS) is 10.1. The molecule has 82 valence electrons. The first-order valence-electron chi connectivity index (χ1n) is 4.74. The van der Waals surface area contributed by atoms with Gasteiger partial charge in [0.05, 0.1) is 16.8 Å². The molecule has 0 fully saturated rings. The molecule has 0 aliphatic carbocycles. The van der Waals surface area contributed by atoms with Crippen molar-refractivity contribution in [1.29, 1.82) is 0 Å². The molecule has 1 heterocycles. The molecule has 0 aliphatic heterocycles. The number of benzene rings is 1. The van der Waals surface area contributed by atoms with Crippen molar-refractivity contribution < 1.29 is 4.79 Å². The van der Waals surface area contributed by atoms with Crippen molar-refractivity contribution in [3.05, 3.63) is 46.6 Å². The Kier molecular flexibility index (Phi) is 2.92. The van der Waals surface area contributed by atoms with E-state index in [0.717, 1.165) is 5.56 Å². The first-order chi connectivity index (χ1) is 7.68. The molecule has 0 spiro atoms. The van der Waals surface area contributed by atoms with Gasteiger partial charge in [-0.15, -0.1) is 0 Å². The molecule has 1 amide bonds. The van der Waals surface area contributed by atoms with Gasteiger partial charge < -0.3 is 5.32 Å². The lowest BCUT2D eigenvalue weighted by Gasteiger charge is -2.07. The van der Waals surface area contributed by atoms with Gasteiger partial charge in [-0.25, -0.2) is 0 Å². The van der Waals surface area contributed by atoms with Crippen LogP contribution in [-0.2, 0) is 0 Å². The predicted octanol–water partition coefficient (Wildman–Crippen LogP) is 2.62. The van der Waals surface area contributed by atoms with Gasteiger partial charge in [0.15, 0.2) is 0 Å². The number of hydrogen-bond acceptors (Lipinski definition) is 2. The van der Waals surface area contributed by atoms with Crippen LogP contribution in [0.25, 0.3) is 0 Å². The van der Waals surface area contributed by atoms with Gasteiger partial charge in [0.1, 0.15) is 5.82 Å². The summed E-state index contributed by atoms with van der Waals surface area (Å²) in [5.74, 6) is 0.302. The minimum absolute atomic E-state index is 0.243. The molecule has 1 aromatic heterocycles. The Labute approximate surface area is 97.6 Å². The molecule has 0 radical (unpaired) electrons. The molecule has 2 aromatic rings. The van der Waals surface area contributed by atoms with Crippen LogP contribution >= 0.6 is 11.6 Å². The maximum atomic E-state index is 11.9. The minimum atomic E-state index is -0.243. The molecule has 2 rings (SSSR count). The van der Waals surface area contributed by atoms with E-state index < -0.39 is 0 Å². The van der Waals surface area contributed by atoms with Crippen LogP contribution in [0.4, 0.5) is 5.82 Å². The number of hydrogen-bond donors (Lipinski definition) is 2. The summed E-state index contributed by atoms with van der Waals surface area (Å²) in [7, 11) is 0. The Bertz CT molecular complexity index is 488. The van der Waals surface area contributed by atoms with E-state index in [-0.39, 0.29) is 5.91 Å². The lowest BCUT2D eigenvalue weighted by Crippen LogP contribution is -2.14. The van der Waals surface area contributed by atoms with Gasteiger partial charge in [0.2, 0.25) is 0 Å². The second-order valence-corrected chi connectivity index (χ2v) is 3.76. The van der Waals surface area contributed by atoms with Crippen molar-refractivity contribution in [3.8, 4) is 0 Å². The number of aromatic nitrogens is 2. The summed E-state index contributed by atoms with van der Waals surface area (Å²) in [6.07, 6.45) is 1.56. The van der Waals surface area contributed by atoms with Crippen LogP contribution in [0.1, 0.15) is 15.9 Å². The quantitative estimate of drug-likeness (QED) is 0.841. The Balaban J connectivity index is 2.28. The van der Waals surface area contributed by atoms with Crippen molar-refractivity contribution in [1.82, 2.24) is 10.2 Å². The van der Waals surface area contributed by atoms with E-state index in [1.54, 1.807) is 18.3 Å². The summed E-state index contributed by atoms with van der Waals surface area (Å²) in [4.78, 5) is 11.9. The standard InChI is InChI=1S/C11H10ClN3O/c1-7-3-2-4-8(12)10(7)11(16)14-9-5-6-13-15-9/h2-6H,1H3,(H2,13,14,15,16). The zero-order valence-corrected chi connectivity index (χ0v) is 9.38. The smallest absolute Gasteiger partial charge is 0.258 e. The second kappa shape index (κ2) is 4.37. The second-order valence-electron chi connectivity index (χ2n) is 3.36. The first-order valence-corrected chi connectivity index (χ1v) is 5.12.